The SMILES string of the molecule is CCCNC(=S)NCc1ccccc1C. The van der Waals surface area contributed by atoms with Gasteiger partial charge in [-0.15, -0.1) is 0 Å². The maximum absolute atomic E-state index is 5.14. The lowest BCUT2D eigenvalue weighted by atomic mass is 10.1. The fourth-order valence-electron chi connectivity index (χ4n) is 1.28. The number of hydrogen-bond donors (Lipinski definition) is 2. The van der Waals surface area contributed by atoms with E-state index in [-0.39, 0.29) is 0 Å². The first-order valence-electron chi connectivity index (χ1n) is 5.30. The summed E-state index contributed by atoms with van der Waals surface area (Å²) in [6.45, 7) is 5.96. The molecule has 3 heteroatoms. The van der Waals surface area contributed by atoms with E-state index in [9.17, 15) is 0 Å². The number of benzene rings is 1. The Balaban J connectivity index is 2.37. The molecule has 0 aliphatic heterocycles. The highest BCUT2D eigenvalue weighted by molar-refractivity contribution is 7.80. The van der Waals surface area contributed by atoms with Gasteiger partial charge in [0.05, 0.1) is 0 Å². The van der Waals surface area contributed by atoms with Crippen molar-refractivity contribution in [3.05, 3.63) is 35.4 Å². The van der Waals surface area contributed by atoms with Crippen molar-refractivity contribution >= 4 is 17.3 Å². The molecule has 0 aliphatic carbocycles. The predicted octanol–water partition coefficient (Wildman–Crippen LogP) is 2.37. The Morgan fingerprint density at radius 3 is 2.67 bits per heavy atom. The monoisotopic (exact) mass is 222 g/mol. The molecule has 0 atom stereocenters. The Kier molecular flexibility index (Phi) is 5.12. The second-order valence-electron chi connectivity index (χ2n) is 3.54. The van der Waals surface area contributed by atoms with Crippen molar-refractivity contribution in [1.29, 1.82) is 0 Å². The topological polar surface area (TPSA) is 24.1 Å². The lowest BCUT2D eigenvalue weighted by Gasteiger charge is -2.10. The van der Waals surface area contributed by atoms with Gasteiger partial charge in [0.15, 0.2) is 5.11 Å². The Bertz CT molecular complexity index is 323. The normalized spacial score (nSPS) is 9.73. The van der Waals surface area contributed by atoms with Gasteiger partial charge in [-0.1, -0.05) is 31.2 Å². The minimum Gasteiger partial charge on any atom is -0.363 e. The van der Waals surface area contributed by atoms with Crippen LogP contribution in [0.25, 0.3) is 0 Å². The zero-order valence-electron chi connectivity index (χ0n) is 9.34. The van der Waals surface area contributed by atoms with Crippen LogP contribution in [-0.2, 0) is 6.54 Å². The molecule has 0 bridgehead atoms. The van der Waals surface area contributed by atoms with Crippen molar-refractivity contribution in [3.8, 4) is 0 Å². The van der Waals surface area contributed by atoms with Gasteiger partial charge in [-0.2, -0.15) is 0 Å². The van der Waals surface area contributed by atoms with Crippen LogP contribution in [-0.4, -0.2) is 11.7 Å². The molecule has 0 saturated carbocycles. The summed E-state index contributed by atoms with van der Waals surface area (Å²) >= 11 is 5.14. The Labute approximate surface area is 97.1 Å². The van der Waals surface area contributed by atoms with Crippen LogP contribution >= 0.6 is 12.2 Å². The van der Waals surface area contributed by atoms with Crippen molar-refractivity contribution < 1.29 is 0 Å². The minimum atomic E-state index is 0.736. The summed E-state index contributed by atoms with van der Waals surface area (Å²) in [5.74, 6) is 0. The highest BCUT2D eigenvalue weighted by Gasteiger charge is 1.97. The van der Waals surface area contributed by atoms with Crippen molar-refractivity contribution in [2.75, 3.05) is 6.54 Å². The van der Waals surface area contributed by atoms with Gasteiger partial charge in [0.25, 0.3) is 0 Å². The number of aryl methyl sites for hydroxylation is 1. The number of rotatable bonds is 4. The van der Waals surface area contributed by atoms with E-state index in [1.165, 1.54) is 11.1 Å². The van der Waals surface area contributed by atoms with Crippen LogP contribution in [0.15, 0.2) is 24.3 Å². The fraction of sp³-hybridized carbons (Fsp3) is 0.417. The van der Waals surface area contributed by atoms with E-state index in [0.29, 0.717) is 0 Å². The quantitative estimate of drug-likeness (QED) is 0.765. The van der Waals surface area contributed by atoms with Crippen molar-refractivity contribution in [1.82, 2.24) is 10.6 Å². The Morgan fingerprint density at radius 2 is 2.00 bits per heavy atom. The molecule has 82 valence electrons. The second kappa shape index (κ2) is 6.40. The van der Waals surface area contributed by atoms with Crippen LogP contribution in [0.5, 0.6) is 0 Å². The van der Waals surface area contributed by atoms with Gasteiger partial charge in [-0.3, -0.25) is 0 Å². The highest BCUT2D eigenvalue weighted by Crippen LogP contribution is 2.05. The van der Waals surface area contributed by atoms with E-state index < -0.39 is 0 Å². The fourth-order valence-corrected chi connectivity index (χ4v) is 1.46. The standard InChI is InChI=1S/C12H18N2S/c1-3-8-13-12(15)14-9-11-7-5-4-6-10(11)2/h4-7H,3,8-9H2,1-2H3,(H2,13,14,15). The smallest absolute Gasteiger partial charge is 0.166 e. The van der Waals surface area contributed by atoms with Gasteiger partial charge in [0, 0.05) is 13.1 Å². The van der Waals surface area contributed by atoms with Gasteiger partial charge in [-0.05, 0) is 36.7 Å². The zero-order chi connectivity index (χ0) is 11.1. The first kappa shape index (κ1) is 12.0. The summed E-state index contributed by atoms with van der Waals surface area (Å²) in [7, 11) is 0. The molecule has 1 aromatic rings. The summed E-state index contributed by atoms with van der Waals surface area (Å²) in [6.07, 6.45) is 1.09. The summed E-state index contributed by atoms with van der Waals surface area (Å²) in [4.78, 5) is 0. The van der Waals surface area contributed by atoms with E-state index >= 15 is 0 Å². The first-order valence-corrected chi connectivity index (χ1v) is 5.71. The number of nitrogens with one attached hydrogen (secondary N) is 2. The summed E-state index contributed by atoms with van der Waals surface area (Å²) < 4.78 is 0. The van der Waals surface area contributed by atoms with E-state index in [1.54, 1.807) is 0 Å². The molecule has 0 radical (unpaired) electrons. The lowest BCUT2D eigenvalue weighted by Crippen LogP contribution is -2.35. The largest absolute Gasteiger partial charge is 0.363 e. The van der Waals surface area contributed by atoms with Gasteiger partial charge in [0.1, 0.15) is 0 Å². The van der Waals surface area contributed by atoms with Crippen molar-refractivity contribution in [2.24, 2.45) is 0 Å². The highest BCUT2D eigenvalue weighted by atomic mass is 32.1. The van der Waals surface area contributed by atoms with Crippen LogP contribution in [0.4, 0.5) is 0 Å². The molecule has 0 aliphatic rings. The number of thiocarbonyl (C=S) groups is 1. The third-order valence-corrected chi connectivity index (χ3v) is 2.52. The maximum Gasteiger partial charge on any atom is 0.166 e. The molecule has 0 unspecified atom stereocenters. The predicted molar refractivity (Wildman–Crippen MR) is 68.9 cm³/mol. The molecule has 0 fully saturated rings. The molecule has 15 heavy (non-hydrogen) atoms. The van der Waals surface area contributed by atoms with Crippen LogP contribution in [0.3, 0.4) is 0 Å². The van der Waals surface area contributed by atoms with Crippen molar-refractivity contribution in [3.63, 3.8) is 0 Å². The van der Waals surface area contributed by atoms with Crippen LogP contribution in [0.1, 0.15) is 24.5 Å². The van der Waals surface area contributed by atoms with Crippen LogP contribution < -0.4 is 10.6 Å². The first-order chi connectivity index (χ1) is 7.24. The Morgan fingerprint density at radius 1 is 1.27 bits per heavy atom. The van der Waals surface area contributed by atoms with E-state index in [1.807, 2.05) is 12.1 Å². The van der Waals surface area contributed by atoms with Crippen LogP contribution in [0, 0.1) is 6.92 Å². The molecule has 0 saturated heterocycles. The zero-order valence-corrected chi connectivity index (χ0v) is 10.2. The molecule has 0 spiro atoms. The number of hydrogen-bond acceptors (Lipinski definition) is 1. The average molecular weight is 222 g/mol. The molecule has 0 aromatic heterocycles. The molecular formula is C12H18N2S. The molecule has 2 nitrogen and oxygen atoms in total. The maximum atomic E-state index is 5.14. The molecular weight excluding hydrogens is 204 g/mol. The molecule has 1 aromatic carbocycles. The lowest BCUT2D eigenvalue weighted by molar-refractivity contribution is 0.798. The molecule has 0 amide bonds. The molecule has 0 heterocycles. The van der Waals surface area contributed by atoms with Gasteiger partial charge in [-0.25, -0.2) is 0 Å². The Hall–Kier alpha value is -1.09. The summed E-state index contributed by atoms with van der Waals surface area (Å²) in [5.41, 5.74) is 2.58. The third-order valence-electron chi connectivity index (χ3n) is 2.24. The van der Waals surface area contributed by atoms with Crippen molar-refractivity contribution in [2.45, 2.75) is 26.8 Å². The van der Waals surface area contributed by atoms with Gasteiger partial charge >= 0.3 is 0 Å². The van der Waals surface area contributed by atoms with Gasteiger partial charge in [0.2, 0.25) is 0 Å². The molecule has 2 N–H and O–H groups in total. The average Bonchev–Trinajstić information content (AvgIpc) is 2.25. The van der Waals surface area contributed by atoms with E-state index in [0.717, 1.165) is 24.6 Å². The van der Waals surface area contributed by atoms with Crippen LogP contribution in [0.2, 0.25) is 0 Å². The minimum absolute atomic E-state index is 0.736. The van der Waals surface area contributed by atoms with E-state index in [2.05, 4.69) is 36.6 Å². The van der Waals surface area contributed by atoms with E-state index in [4.69, 9.17) is 12.2 Å². The summed E-state index contributed by atoms with van der Waals surface area (Å²) in [6, 6.07) is 8.32. The van der Waals surface area contributed by atoms with Gasteiger partial charge < -0.3 is 10.6 Å². The second-order valence-corrected chi connectivity index (χ2v) is 3.94. The third kappa shape index (κ3) is 4.30. The molecule has 1 rings (SSSR count). The summed E-state index contributed by atoms with van der Waals surface area (Å²) in [5, 5.41) is 7.07.